The van der Waals surface area contributed by atoms with E-state index in [0.29, 0.717) is 17.4 Å². The van der Waals surface area contributed by atoms with E-state index in [1.165, 1.54) is 54.8 Å². The molecule has 2 fully saturated rings. The third-order valence-corrected chi connectivity index (χ3v) is 6.16. The second-order valence-electron chi connectivity index (χ2n) is 7.83. The molecule has 142 valence electrons. The number of nitrogens with zero attached hydrogens (tertiary/aromatic N) is 3. The number of rotatable bonds is 5. The van der Waals surface area contributed by atoms with E-state index in [1.807, 2.05) is 6.92 Å². The van der Waals surface area contributed by atoms with Crippen molar-refractivity contribution < 1.29 is 9.72 Å². The van der Waals surface area contributed by atoms with Crippen molar-refractivity contribution in [1.29, 1.82) is 0 Å². The zero-order chi connectivity index (χ0) is 19.1. The lowest BCUT2D eigenvalue weighted by Gasteiger charge is -2.28. The summed E-state index contributed by atoms with van der Waals surface area (Å²) in [5.41, 5.74) is -0.252. The lowest BCUT2D eigenvalue weighted by atomic mass is 9.84. The zero-order valence-corrected chi connectivity index (χ0v) is 15.1. The number of nitrogens with one attached hydrogen (secondary N) is 1. The summed E-state index contributed by atoms with van der Waals surface area (Å²) in [7, 11) is 0. The molecule has 1 heterocycles. The molecule has 27 heavy (non-hydrogen) atoms. The molecular weight excluding hydrogens is 348 g/mol. The Morgan fingerprint density at radius 2 is 2.22 bits per heavy atom. The predicted octanol–water partition coefficient (Wildman–Crippen LogP) is 2.25. The van der Waals surface area contributed by atoms with Crippen LogP contribution in [0.15, 0.2) is 29.3 Å². The quantitative estimate of drug-likeness (QED) is 0.642. The SMILES string of the molecule is C[C@H](NC(=O)Cn1cnc2ccc([N+](=O)[O-])cc2c1=O)[C@H]1C[C@@H]2CC[C@@H]1C2. The van der Waals surface area contributed by atoms with Crippen molar-refractivity contribution in [3.05, 3.63) is 45.0 Å². The number of nitro groups is 1. The molecule has 2 bridgehead atoms. The van der Waals surface area contributed by atoms with Gasteiger partial charge in [0.15, 0.2) is 0 Å². The van der Waals surface area contributed by atoms with E-state index in [2.05, 4.69) is 10.3 Å². The molecule has 8 nitrogen and oxygen atoms in total. The van der Waals surface area contributed by atoms with Crippen LogP contribution in [0.3, 0.4) is 0 Å². The smallest absolute Gasteiger partial charge is 0.270 e. The van der Waals surface area contributed by atoms with E-state index in [9.17, 15) is 19.7 Å². The van der Waals surface area contributed by atoms with Gasteiger partial charge in [0.1, 0.15) is 6.54 Å². The largest absolute Gasteiger partial charge is 0.352 e. The number of benzene rings is 1. The van der Waals surface area contributed by atoms with Crippen molar-refractivity contribution in [3.8, 4) is 0 Å². The average molecular weight is 370 g/mol. The molecule has 4 atom stereocenters. The topological polar surface area (TPSA) is 107 Å². The van der Waals surface area contributed by atoms with Gasteiger partial charge < -0.3 is 5.32 Å². The van der Waals surface area contributed by atoms with E-state index in [4.69, 9.17) is 0 Å². The molecule has 2 aliphatic rings. The molecule has 0 aliphatic heterocycles. The average Bonchev–Trinajstić information content (AvgIpc) is 3.27. The first-order valence-corrected chi connectivity index (χ1v) is 9.35. The second-order valence-corrected chi connectivity index (χ2v) is 7.83. The highest BCUT2D eigenvalue weighted by atomic mass is 16.6. The minimum absolute atomic E-state index is 0.0815. The van der Waals surface area contributed by atoms with Crippen LogP contribution in [0.2, 0.25) is 0 Å². The summed E-state index contributed by atoms with van der Waals surface area (Å²) in [4.78, 5) is 39.6. The number of carbonyl (C=O) groups excluding carboxylic acids is 1. The number of hydrogen-bond donors (Lipinski definition) is 1. The molecule has 1 amide bonds. The number of amides is 1. The molecule has 2 saturated carbocycles. The monoisotopic (exact) mass is 370 g/mol. The van der Waals surface area contributed by atoms with Crippen LogP contribution in [0.4, 0.5) is 5.69 Å². The van der Waals surface area contributed by atoms with Gasteiger partial charge in [0.2, 0.25) is 5.91 Å². The molecule has 0 saturated heterocycles. The molecule has 1 aromatic carbocycles. The van der Waals surface area contributed by atoms with Gasteiger partial charge in [-0.25, -0.2) is 4.98 Å². The maximum Gasteiger partial charge on any atom is 0.270 e. The van der Waals surface area contributed by atoms with Gasteiger partial charge >= 0.3 is 0 Å². The number of non-ortho nitro benzene ring substituents is 1. The van der Waals surface area contributed by atoms with Crippen molar-refractivity contribution in [2.75, 3.05) is 0 Å². The fourth-order valence-corrected chi connectivity index (χ4v) is 4.84. The second kappa shape index (κ2) is 6.75. The number of carbonyl (C=O) groups is 1. The molecular formula is C19H22N4O4. The summed E-state index contributed by atoms with van der Waals surface area (Å²) in [6, 6.07) is 4.04. The third-order valence-electron chi connectivity index (χ3n) is 6.16. The van der Waals surface area contributed by atoms with E-state index in [0.717, 1.165) is 5.92 Å². The molecule has 8 heteroatoms. The standard InChI is InChI=1S/C19H22N4O4/c1-11(15-7-12-2-3-13(15)6-12)21-18(24)9-22-10-20-17-5-4-14(23(26)27)8-16(17)19(22)25/h4-5,8,10-13,15H,2-3,6-7,9H2,1H3,(H,21,24)/t11-,12+,13+,15+/m0/s1. The Morgan fingerprint density at radius 3 is 2.89 bits per heavy atom. The molecule has 1 aromatic heterocycles. The number of nitro benzene ring substituents is 1. The normalized spacial score (nSPS) is 24.9. The maximum atomic E-state index is 12.6. The van der Waals surface area contributed by atoms with E-state index >= 15 is 0 Å². The summed E-state index contributed by atoms with van der Waals surface area (Å²) < 4.78 is 1.20. The minimum Gasteiger partial charge on any atom is -0.352 e. The Labute approximate surface area is 155 Å². The van der Waals surface area contributed by atoms with Gasteiger partial charge in [0.05, 0.1) is 22.2 Å². The van der Waals surface area contributed by atoms with Crippen LogP contribution in [0.25, 0.3) is 10.9 Å². The summed E-state index contributed by atoms with van der Waals surface area (Å²) in [5.74, 6) is 1.79. The molecule has 0 unspecified atom stereocenters. The predicted molar refractivity (Wildman–Crippen MR) is 99.2 cm³/mol. The maximum absolute atomic E-state index is 12.6. The van der Waals surface area contributed by atoms with Crippen LogP contribution in [-0.4, -0.2) is 26.4 Å². The highest BCUT2D eigenvalue weighted by Crippen LogP contribution is 2.49. The van der Waals surface area contributed by atoms with E-state index in [-0.39, 0.29) is 29.6 Å². The first kappa shape index (κ1) is 17.6. The van der Waals surface area contributed by atoms with Gasteiger partial charge in [-0.3, -0.25) is 24.3 Å². The Kier molecular flexibility index (Phi) is 4.41. The summed E-state index contributed by atoms with van der Waals surface area (Å²) in [6.45, 7) is 1.89. The lowest BCUT2D eigenvalue weighted by Crippen LogP contribution is -2.42. The Hall–Kier alpha value is -2.77. The van der Waals surface area contributed by atoms with Crippen molar-refractivity contribution in [2.45, 2.75) is 45.2 Å². The molecule has 2 aliphatic carbocycles. The summed E-state index contributed by atoms with van der Waals surface area (Å²) in [6.07, 6.45) is 6.33. The van der Waals surface area contributed by atoms with Gasteiger partial charge in [-0.05, 0) is 50.0 Å². The van der Waals surface area contributed by atoms with Crippen molar-refractivity contribution in [2.24, 2.45) is 17.8 Å². The van der Waals surface area contributed by atoms with Gasteiger partial charge in [0, 0.05) is 18.2 Å². The molecule has 4 rings (SSSR count). The van der Waals surface area contributed by atoms with Gasteiger partial charge in [-0.15, -0.1) is 0 Å². The summed E-state index contributed by atoms with van der Waals surface area (Å²) >= 11 is 0. The number of aromatic nitrogens is 2. The van der Waals surface area contributed by atoms with Crippen LogP contribution in [0, 0.1) is 27.9 Å². The van der Waals surface area contributed by atoms with Crippen LogP contribution in [0.5, 0.6) is 0 Å². The Balaban J connectivity index is 1.49. The highest BCUT2D eigenvalue weighted by Gasteiger charge is 2.42. The molecule has 0 spiro atoms. The Bertz CT molecular complexity index is 970. The van der Waals surface area contributed by atoms with Gasteiger partial charge in [-0.1, -0.05) is 6.42 Å². The number of hydrogen-bond acceptors (Lipinski definition) is 5. The lowest BCUT2D eigenvalue weighted by molar-refractivity contribution is -0.384. The van der Waals surface area contributed by atoms with Gasteiger partial charge in [0.25, 0.3) is 11.2 Å². The molecule has 1 N–H and O–H groups in total. The van der Waals surface area contributed by atoms with E-state index in [1.54, 1.807) is 0 Å². The first-order valence-electron chi connectivity index (χ1n) is 9.35. The molecule has 2 aromatic rings. The minimum atomic E-state index is -0.556. The van der Waals surface area contributed by atoms with Crippen molar-refractivity contribution in [3.63, 3.8) is 0 Å². The van der Waals surface area contributed by atoms with Crippen molar-refractivity contribution >= 4 is 22.5 Å². The zero-order valence-electron chi connectivity index (χ0n) is 15.1. The fourth-order valence-electron chi connectivity index (χ4n) is 4.84. The molecule has 0 radical (unpaired) electrons. The van der Waals surface area contributed by atoms with E-state index < -0.39 is 10.5 Å². The highest BCUT2D eigenvalue weighted by molar-refractivity contribution is 5.81. The van der Waals surface area contributed by atoms with Crippen LogP contribution in [0.1, 0.15) is 32.6 Å². The number of fused-ring (bicyclic) bond motifs is 3. The summed E-state index contributed by atoms with van der Waals surface area (Å²) in [5, 5.41) is 14.1. The fraction of sp³-hybridized carbons (Fsp3) is 0.526. The van der Waals surface area contributed by atoms with Gasteiger partial charge in [-0.2, -0.15) is 0 Å². The van der Waals surface area contributed by atoms with Crippen LogP contribution in [-0.2, 0) is 11.3 Å². The van der Waals surface area contributed by atoms with Crippen molar-refractivity contribution in [1.82, 2.24) is 14.9 Å². The van der Waals surface area contributed by atoms with Crippen LogP contribution >= 0.6 is 0 Å². The Morgan fingerprint density at radius 1 is 1.41 bits per heavy atom. The van der Waals surface area contributed by atoms with Crippen LogP contribution < -0.4 is 10.9 Å². The third kappa shape index (κ3) is 3.31. The first-order chi connectivity index (χ1) is 12.9.